The number of hydrazine groups is 1. The summed E-state index contributed by atoms with van der Waals surface area (Å²) in [5, 5.41) is 13.7. The average molecular weight is 295 g/mol. The molecule has 0 radical (unpaired) electrons. The zero-order valence-corrected chi connectivity index (χ0v) is 12.4. The average Bonchev–Trinajstić information content (AvgIpc) is 2.44. The zero-order chi connectivity index (χ0) is 16.0. The smallest absolute Gasteiger partial charge is 0.294 e. The summed E-state index contributed by atoms with van der Waals surface area (Å²) in [6, 6.07) is 4.10. The highest BCUT2D eigenvalue weighted by Gasteiger charge is 2.18. The maximum absolute atomic E-state index is 12.1. The van der Waals surface area contributed by atoms with Crippen molar-refractivity contribution in [2.75, 3.05) is 26.1 Å². The SMILES string of the molecule is CC(CCN(C)C)NC(=O)c1ccc(NN)c([N+](=O)[O-])c1. The fraction of sp³-hybridized carbons (Fsp3) is 0.462. The summed E-state index contributed by atoms with van der Waals surface area (Å²) in [4.78, 5) is 24.4. The third-order valence-corrected chi connectivity index (χ3v) is 3.00. The van der Waals surface area contributed by atoms with Gasteiger partial charge in [0.05, 0.1) is 4.92 Å². The van der Waals surface area contributed by atoms with E-state index in [9.17, 15) is 14.9 Å². The molecule has 0 saturated heterocycles. The molecule has 0 aliphatic heterocycles. The van der Waals surface area contributed by atoms with Gasteiger partial charge in [0.1, 0.15) is 5.69 Å². The fourth-order valence-corrected chi connectivity index (χ4v) is 1.78. The van der Waals surface area contributed by atoms with E-state index in [1.165, 1.54) is 18.2 Å². The van der Waals surface area contributed by atoms with Gasteiger partial charge in [-0.25, -0.2) is 0 Å². The molecule has 21 heavy (non-hydrogen) atoms. The molecule has 1 aromatic carbocycles. The first kappa shape index (κ1) is 16.9. The van der Waals surface area contributed by atoms with E-state index in [1.54, 1.807) is 0 Å². The molecule has 0 aromatic heterocycles. The number of rotatable bonds is 7. The third-order valence-electron chi connectivity index (χ3n) is 3.00. The van der Waals surface area contributed by atoms with E-state index in [-0.39, 0.29) is 28.9 Å². The van der Waals surface area contributed by atoms with Crippen LogP contribution in [0, 0.1) is 10.1 Å². The molecular weight excluding hydrogens is 274 g/mol. The largest absolute Gasteiger partial charge is 0.350 e. The van der Waals surface area contributed by atoms with Gasteiger partial charge in [0.25, 0.3) is 11.6 Å². The van der Waals surface area contributed by atoms with Crippen LogP contribution in [0.25, 0.3) is 0 Å². The minimum absolute atomic E-state index is 0.0220. The highest BCUT2D eigenvalue weighted by atomic mass is 16.6. The molecule has 0 spiro atoms. The minimum atomic E-state index is -0.582. The fourth-order valence-electron chi connectivity index (χ4n) is 1.78. The maximum atomic E-state index is 12.1. The first-order valence-corrected chi connectivity index (χ1v) is 6.55. The number of carbonyl (C=O) groups excluding carboxylic acids is 1. The standard InChI is InChI=1S/C13H21N5O3/c1-9(6-7-17(2)3)15-13(19)10-4-5-11(16-14)12(8-10)18(20)21/h4-5,8-9,16H,6-7,14H2,1-3H3,(H,15,19). The van der Waals surface area contributed by atoms with E-state index in [0.717, 1.165) is 13.0 Å². The lowest BCUT2D eigenvalue weighted by Crippen LogP contribution is -2.34. The van der Waals surface area contributed by atoms with Crippen LogP contribution in [-0.4, -0.2) is 42.4 Å². The summed E-state index contributed by atoms with van der Waals surface area (Å²) < 4.78 is 0. The Morgan fingerprint density at radius 2 is 2.14 bits per heavy atom. The van der Waals surface area contributed by atoms with Crippen LogP contribution in [0.4, 0.5) is 11.4 Å². The lowest BCUT2D eigenvalue weighted by atomic mass is 10.1. The van der Waals surface area contributed by atoms with Gasteiger partial charge in [0.2, 0.25) is 0 Å². The molecule has 4 N–H and O–H groups in total. The maximum Gasteiger partial charge on any atom is 0.294 e. The number of amides is 1. The Labute approximate surface area is 123 Å². The quantitative estimate of drug-likeness (QED) is 0.392. The molecule has 1 unspecified atom stereocenters. The van der Waals surface area contributed by atoms with Gasteiger partial charge in [0, 0.05) is 17.7 Å². The molecule has 0 heterocycles. The molecule has 0 fully saturated rings. The molecule has 1 atom stereocenters. The van der Waals surface area contributed by atoms with Gasteiger partial charge in [-0.1, -0.05) is 0 Å². The second-order valence-electron chi connectivity index (χ2n) is 5.10. The summed E-state index contributed by atoms with van der Waals surface area (Å²) in [7, 11) is 3.91. The van der Waals surface area contributed by atoms with Crippen molar-refractivity contribution in [3.8, 4) is 0 Å². The first-order valence-electron chi connectivity index (χ1n) is 6.55. The lowest BCUT2D eigenvalue weighted by Gasteiger charge is -2.16. The highest BCUT2D eigenvalue weighted by molar-refractivity contribution is 5.95. The Hall–Kier alpha value is -2.19. The van der Waals surface area contributed by atoms with Crippen LogP contribution >= 0.6 is 0 Å². The second-order valence-corrected chi connectivity index (χ2v) is 5.10. The number of nitrogen functional groups attached to an aromatic ring is 1. The monoisotopic (exact) mass is 295 g/mol. The number of nitro groups is 1. The molecule has 0 saturated carbocycles. The van der Waals surface area contributed by atoms with E-state index in [4.69, 9.17) is 5.84 Å². The molecule has 8 heteroatoms. The molecule has 1 amide bonds. The summed E-state index contributed by atoms with van der Waals surface area (Å²) >= 11 is 0. The van der Waals surface area contributed by atoms with Crippen molar-refractivity contribution >= 4 is 17.3 Å². The number of nitrogens with one attached hydrogen (secondary N) is 2. The van der Waals surface area contributed by atoms with Crippen molar-refractivity contribution in [2.45, 2.75) is 19.4 Å². The number of carbonyl (C=O) groups is 1. The zero-order valence-electron chi connectivity index (χ0n) is 12.4. The van der Waals surface area contributed by atoms with Crippen molar-refractivity contribution in [1.29, 1.82) is 0 Å². The highest BCUT2D eigenvalue weighted by Crippen LogP contribution is 2.24. The first-order chi connectivity index (χ1) is 9.85. The lowest BCUT2D eigenvalue weighted by molar-refractivity contribution is -0.384. The van der Waals surface area contributed by atoms with Crippen molar-refractivity contribution in [1.82, 2.24) is 10.2 Å². The Bertz CT molecular complexity index is 519. The minimum Gasteiger partial charge on any atom is -0.350 e. The predicted molar refractivity (Wildman–Crippen MR) is 81.0 cm³/mol. The van der Waals surface area contributed by atoms with Crippen molar-refractivity contribution in [3.63, 3.8) is 0 Å². The molecule has 0 bridgehead atoms. The topological polar surface area (TPSA) is 114 Å². The van der Waals surface area contributed by atoms with Crippen LogP contribution in [0.5, 0.6) is 0 Å². The number of nitrogens with two attached hydrogens (primary N) is 1. The van der Waals surface area contributed by atoms with Gasteiger partial charge in [-0.2, -0.15) is 0 Å². The van der Waals surface area contributed by atoms with Crippen molar-refractivity contribution in [2.24, 2.45) is 5.84 Å². The number of benzene rings is 1. The molecule has 1 rings (SSSR count). The Morgan fingerprint density at radius 1 is 1.48 bits per heavy atom. The van der Waals surface area contributed by atoms with E-state index in [2.05, 4.69) is 10.7 Å². The number of anilines is 1. The Balaban J connectivity index is 2.78. The summed E-state index contributed by atoms with van der Waals surface area (Å²) in [5.41, 5.74) is 2.41. The van der Waals surface area contributed by atoms with Gasteiger partial charge >= 0.3 is 0 Å². The van der Waals surface area contributed by atoms with E-state index < -0.39 is 4.92 Å². The molecule has 116 valence electrons. The van der Waals surface area contributed by atoms with Crippen LogP contribution in [0.2, 0.25) is 0 Å². The van der Waals surface area contributed by atoms with Gasteiger partial charge in [-0.05, 0) is 46.1 Å². The summed E-state index contributed by atoms with van der Waals surface area (Å²) in [6.45, 7) is 2.74. The number of hydrogen-bond donors (Lipinski definition) is 3. The van der Waals surface area contributed by atoms with Crippen LogP contribution in [0.1, 0.15) is 23.7 Å². The molecule has 0 aliphatic rings. The van der Waals surface area contributed by atoms with Crippen molar-refractivity contribution < 1.29 is 9.72 Å². The Morgan fingerprint density at radius 3 is 2.67 bits per heavy atom. The third kappa shape index (κ3) is 5.01. The number of hydrogen-bond acceptors (Lipinski definition) is 6. The predicted octanol–water partition coefficient (Wildman–Crippen LogP) is 0.950. The summed E-state index contributed by atoms with van der Waals surface area (Å²) in [6.07, 6.45) is 0.795. The van der Waals surface area contributed by atoms with Crippen LogP contribution in [0.15, 0.2) is 18.2 Å². The van der Waals surface area contributed by atoms with Gasteiger partial charge in [-0.3, -0.25) is 20.8 Å². The summed E-state index contributed by atoms with van der Waals surface area (Å²) in [5.74, 6) is 4.86. The normalized spacial score (nSPS) is 12.0. The number of nitrogens with zero attached hydrogens (tertiary/aromatic N) is 2. The second kappa shape index (κ2) is 7.55. The van der Waals surface area contributed by atoms with Crippen molar-refractivity contribution in [3.05, 3.63) is 33.9 Å². The molecular formula is C13H21N5O3. The van der Waals surface area contributed by atoms with Crippen LogP contribution < -0.4 is 16.6 Å². The molecule has 0 aliphatic carbocycles. The van der Waals surface area contributed by atoms with Gasteiger partial charge in [-0.15, -0.1) is 0 Å². The van der Waals surface area contributed by atoms with Crippen LogP contribution in [-0.2, 0) is 0 Å². The van der Waals surface area contributed by atoms with E-state index in [1.807, 2.05) is 25.9 Å². The van der Waals surface area contributed by atoms with Gasteiger partial charge in [0.15, 0.2) is 0 Å². The van der Waals surface area contributed by atoms with E-state index >= 15 is 0 Å². The molecule has 1 aromatic rings. The molecule has 8 nitrogen and oxygen atoms in total. The number of nitro benzene ring substituents is 1. The van der Waals surface area contributed by atoms with Crippen LogP contribution in [0.3, 0.4) is 0 Å². The van der Waals surface area contributed by atoms with Gasteiger partial charge < -0.3 is 15.6 Å². The van der Waals surface area contributed by atoms with E-state index in [0.29, 0.717) is 0 Å². The Kier molecular flexibility index (Phi) is 6.07.